The van der Waals surface area contributed by atoms with Gasteiger partial charge in [0.05, 0.1) is 11.6 Å². The van der Waals surface area contributed by atoms with E-state index in [1.807, 2.05) is 42.1 Å². The summed E-state index contributed by atoms with van der Waals surface area (Å²) in [5, 5.41) is 0.0413. The van der Waals surface area contributed by atoms with Crippen molar-refractivity contribution >= 4 is 23.4 Å². The molecule has 8 heteroatoms. The number of carbonyl (C=O) groups is 1. The highest BCUT2D eigenvalue weighted by Crippen LogP contribution is 2.45. The van der Waals surface area contributed by atoms with Gasteiger partial charge >= 0.3 is 5.97 Å². The van der Waals surface area contributed by atoms with Gasteiger partial charge in [-0.1, -0.05) is 12.8 Å². The second-order valence-electron chi connectivity index (χ2n) is 8.22. The molecule has 3 saturated carbocycles. The number of halogens is 1. The van der Waals surface area contributed by atoms with E-state index >= 15 is 0 Å². The first-order chi connectivity index (χ1) is 14.6. The van der Waals surface area contributed by atoms with E-state index in [0.717, 1.165) is 30.7 Å². The quantitative estimate of drug-likeness (QED) is 0.452. The average Bonchev–Trinajstić information content (AvgIpc) is 3.41. The topological polar surface area (TPSA) is 82.2 Å². The van der Waals surface area contributed by atoms with E-state index in [2.05, 4.69) is 15.4 Å². The minimum absolute atomic E-state index is 0.0281. The second kappa shape index (κ2) is 7.80. The van der Waals surface area contributed by atoms with E-state index in [1.165, 1.54) is 12.8 Å². The van der Waals surface area contributed by atoms with E-state index in [4.69, 9.17) is 20.9 Å². The average molecular weight is 427 g/mol. The molecule has 7 nitrogen and oxygen atoms in total. The van der Waals surface area contributed by atoms with Crippen LogP contribution in [0.3, 0.4) is 0 Å². The predicted molar refractivity (Wildman–Crippen MR) is 112 cm³/mol. The zero-order valence-electron chi connectivity index (χ0n) is 16.7. The van der Waals surface area contributed by atoms with Crippen molar-refractivity contribution in [2.75, 3.05) is 5.48 Å². The Bertz CT molecular complexity index is 1070. The SMILES string of the molecule is Cn1cccc1-c1ccc(-c2cc(NOC(=O)C3CC4CCC3CC4)nc(Cl)n2)o1. The van der Waals surface area contributed by atoms with Crippen LogP contribution in [0.4, 0.5) is 5.82 Å². The predicted octanol–water partition coefficient (Wildman–Crippen LogP) is 5.09. The van der Waals surface area contributed by atoms with Crippen molar-refractivity contribution in [2.45, 2.75) is 32.1 Å². The molecule has 3 aromatic heterocycles. The van der Waals surface area contributed by atoms with E-state index in [9.17, 15) is 4.79 Å². The molecule has 30 heavy (non-hydrogen) atoms. The molecule has 0 radical (unpaired) electrons. The summed E-state index contributed by atoms with van der Waals surface area (Å²) in [4.78, 5) is 26.3. The van der Waals surface area contributed by atoms with Crippen LogP contribution < -0.4 is 5.48 Å². The molecule has 1 atom stereocenters. The second-order valence-corrected chi connectivity index (χ2v) is 8.56. The smallest absolute Gasteiger partial charge is 0.335 e. The molecule has 1 N–H and O–H groups in total. The molecule has 1 unspecified atom stereocenters. The molecule has 3 heterocycles. The van der Waals surface area contributed by atoms with Crippen molar-refractivity contribution in [1.82, 2.24) is 14.5 Å². The highest BCUT2D eigenvalue weighted by atomic mass is 35.5. The normalized spacial score (nSPS) is 22.8. The number of nitrogens with one attached hydrogen (secondary N) is 1. The van der Waals surface area contributed by atoms with E-state index in [1.54, 1.807) is 6.07 Å². The summed E-state index contributed by atoms with van der Waals surface area (Å²) in [5.74, 6) is 2.44. The van der Waals surface area contributed by atoms with Crippen molar-refractivity contribution in [3.05, 3.63) is 41.8 Å². The van der Waals surface area contributed by atoms with Gasteiger partial charge in [0.2, 0.25) is 5.28 Å². The molecule has 0 saturated heterocycles. The van der Waals surface area contributed by atoms with Crippen LogP contribution in [0.25, 0.3) is 22.9 Å². The molecule has 156 valence electrons. The van der Waals surface area contributed by atoms with Gasteiger partial charge in [0.25, 0.3) is 0 Å². The van der Waals surface area contributed by atoms with Crippen LogP contribution in [0.2, 0.25) is 5.28 Å². The van der Waals surface area contributed by atoms with Crippen LogP contribution in [0.15, 0.2) is 40.9 Å². The van der Waals surface area contributed by atoms with Crippen LogP contribution in [-0.4, -0.2) is 20.5 Å². The monoisotopic (exact) mass is 426 g/mol. The maximum absolute atomic E-state index is 12.6. The standard InChI is InChI=1S/C22H23ClN4O3/c1-27-10-2-3-17(27)19-9-8-18(29-19)16-12-20(25-22(23)24-16)26-30-21(28)15-11-13-4-6-14(15)7-5-13/h2-3,8-10,12-15H,4-7,11H2,1H3,(H,24,25,26). The Morgan fingerprint density at radius 1 is 1.20 bits per heavy atom. The first-order valence-electron chi connectivity index (χ1n) is 10.3. The summed E-state index contributed by atoms with van der Waals surface area (Å²) in [5.41, 5.74) is 4.12. The van der Waals surface area contributed by atoms with Gasteiger partial charge in [0.15, 0.2) is 17.3 Å². The van der Waals surface area contributed by atoms with E-state index < -0.39 is 0 Å². The number of fused-ring (bicyclic) bond motifs is 3. The molecule has 0 aromatic carbocycles. The molecule has 0 spiro atoms. The number of nitrogens with zero attached hydrogens (tertiary/aromatic N) is 3. The van der Waals surface area contributed by atoms with Gasteiger partial charge in [0.1, 0.15) is 5.69 Å². The van der Waals surface area contributed by atoms with Gasteiger partial charge in [-0.3, -0.25) is 0 Å². The molecule has 0 amide bonds. The van der Waals surface area contributed by atoms with Gasteiger partial charge in [0, 0.05) is 19.3 Å². The van der Waals surface area contributed by atoms with E-state index in [0.29, 0.717) is 29.1 Å². The Kier molecular flexibility index (Phi) is 4.98. The van der Waals surface area contributed by atoms with Crippen molar-refractivity contribution in [1.29, 1.82) is 0 Å². The van der Waals surface area contributed by atoms with Crippen LogP contribution >= 0.6 is 11.6 Å². The van der Waals surface area contributed by atoms with Crippen molar-refractivity contribution in [3.8, 4) is 22.9 Å². The van der Waals surface area contributed by atoms with Crippen molar-refractivity contribution < 1.29 is 14.0 Å². The summed E-state index contributed by atoms with van der Waals surface area (Å²) in [6.07, 6.45) is 7.59. The first-order valence-corrected chi connectivity index (χ1v) is 10.7. The summed E-state index contributed by atoms with van der Waals surface area (Å²) in [6.45, 7) is 0. The third-order valence-electron chi connectivity index (χ3n) is 6.36. The number of hydrogen-bond donors (Lipinski definition) is 1. The van der Waals surface area contributed by atoms with Gasteiger partial charge in [-0.2, -0.15) is 4.98 Å². The lowest BCUT2D eigenvalue weighted by Crippen LogP contribution is -2.37. The van der Waals surface area contributed by atoms with E-state index in [-0.39, 0.29) is 17.2 Å². The van der Waals surface area contributed by atoms with Gasteiger partial charge in [-0.15, -0.1) is 0 Å². The molecular formula is C22H23ClN4O3. The minimum Gasteiger partial charge on any atom is -0.453 e. The van der Waals surface area contributed by atoms with Gasteiger partial charge in [-0.25, -0.2) is 15.3 Å². The number of aryl methyl sites for hydroxylation is 1. The first kappa shape index (κ1) is 19.2. The third-order valence-corrected chi connectivity index (χ3v) is 6.53. The molecule has 3 fully saturated rings. The lowest BCUT2D eigenvalue weighted by Gasteiger charge is -2.40. The Hall–Kier alpha value is -2.80. The summed E-state index contributed by atoms with van der Waals surface area (Å²) >= 11 is 6.10. The Balaban J connectivity index is 1.30. The van der Waals surface area contributed by atoms with Crippen LogP contribution in [-0.2, 0) is 16.7 Å². The molecule has 3 aromatic rings. The van der Waals surface area contributed by atoms with Crippen LogP contribution in [0.5, 0.6) is 0 Å². The molecule has 3 aliphatic rings. The maximum atomic E-state index is 12.6. The molecular weight excluding hydrogens is 404 g/mol. The van der Waals surface area contributed by atoms with Crippen LogP contribution in [0.1, 0.15) is 32.1 Å². The summed E-state index contributed by atoms with van der Waals surface area (Å²) in [7, 11) is 1.95. The fraction of sp³-hybridized carbons (Fsp3) is 0.409. The number of carbonyl (C=O) groups excluding carboxylic acids is 1. The number of rotatable bonds is 5. The third kappa shape index (κ3) is 3.69. The highest BCUT2D eigenvalue weighted by Gasteiger charge is 2.40. The van der Waals surface area contributed by atoms with Gasteiger partial charge < -0.3 is 13.8 Å². The fourth-order valence-corrected chi connectivity index (χ4v) is 4.95. The molecule has 6 rings (SSSR count). The number of hydrogen-bond acceptors (Lipinski definition) is 6. The zero-order valence-corrected chi connectivity index (χ0v) is 17.4. The number of aromatic nitrogens is 3. The minimum atomic E-state index is -0.218. The Morgan fingerprint density at radius 2 is 2.00 bits per heavy atom. The van der Waals surface area contributed by atoms with Crippen molar-refractivity contribution in [3.63, 3.8) is 0 Å². The molecule has 2 bridgehead atoms. The van der Waals surface area contributed by atoms with Gasteiger partial charge in [-0.05, 0) is 67.0 Å². The molecule has 0 aliphatic heterocycles. The maximum Gasteiger partial charge on any atom is 0.335 e. The highest BCUT2D eigenvalue weighted by molar-refractivity contribution is 6.28. The Labute approximate surface area is 179 Å². The number of anilines is 1. The summed E-state index contributed by atoms with van der Waals surface area (Å²) in [6, 6.07) is 9.29. The lowest BCUT2D eigenvalue weighted by atomic mass is 9.65. The molecule has 3 aliphatic carbocycles. The van der Waals surface area contributed by atoms with Crippen LogP contribution in [0, 0.1) is 17.8 Å². The summed E-state index contributed by atoms with van der Waals surface area (Å²) < 4.78 is 7.93. The fourth-order valence-electron chi connectivity index (χ4n) is 4.77. The Morgan fingerprint density at radius 3 is 2.70 bits per heavy atom. The zero-order chi connectivity index (χ0) is 20.7. The van der Waals surface area contributed by atoms with Crippen molar-refractivity contribution in [2.24, 2.45) is 24.8 Å². The largest absolute Gasteiger partial charge is 0.453 e. The number of furan rings is 1. The lowest BCUT2D eigenvalue weighted by molar-refractivity contribution is -0.151.